The zero-order valence-electron chi connectivity index (χ0n) is 24.3. The van der Waals surface area contributed by atoms with Crippen molar-refractivity contribution in [1.29, 1.82) is 0 Å². The van der Waals surface area contributed by atoms with Gasteiger partial charge in [0, 0.05) is 36.5 Å². The summed E-state index contributed by atoms with van der Waals surface area (Å²) in [5.41, 5.74) is -0.308. The first-order valence-corrected chi connectivity index (χ1v) is 15.1. The van der Waals surface area contributed by atoms with Crippen molar-refractivity contribution in [3.05, 3.63) is 48.0 Å². The number of hydrogen-bond acceptors (Lipinski definition) is 8. The van der Waals surface area contributed by atoms with Crippen LogP contribution in [0.25, 0.3) is 39.0 Å². The van der Waals surface area contributed by atoms with Crippen LogP contribution in [0.5, 0.6) is 17.6 Å². The Bertz CT molecular complexity index is 1850. The van der Waals surface area contributed by atoms with E-state index in [2.05, 4.69) is 21.4 Å². The van der Waals surface area contributed by atoms with Crippen molar-refractivity contribution in [2.75, 3.05) is 38.3 Å². The van der Waals surface area contributed by atoms with Crippen molar-refractivity contribution >= 4 is 33.6 Å². The maximum atomic E-state index is 16.8. The van der Waals surface area contributed by atoms with E-state index in [9.17, 15) is 13.9 Å². The van der Waals surface area contributed by atoms with E-state index in [0.29, 0.717) is 47.5 Å². The molecule has 0 spiro atoms. The zero-order valence-corrected chi connectivity index (χ0v) is 24.3. The van der Waals surface area contributed by atoms with Gasteiger partial charge in [-0.2, -0.15) is 9.97 Å². The summed E-state index contributed by atoms with van der Waals surface area (Å²) in [5, 5.41) is 11.8. The second-order valence-corrected chi connectivity index (χ2v) is 12.6. The van der Waals surface area contributed by atoms with Gasteiger partial charge in [-0.05, 0) is 61.7 Å². The Morgan fingerprint density at radius 3 is 2.82 bits per heavy atom. The number of benzene rings is 2. The molecule has 1 unspecified atom stereocenters. The lowest BCUT2D eigenvalue weighted by molar-refractivity contribution is 0.107. The van der Waals surface area contributed by atoms with Crippen molar-refractivity contribution in [3.63, 3.8) is 0 Å². The van der Waals surface area contributed by atoms with E-state index in [1.807, 2.05) is 11.9 Å². The summed E-state index contributed by atoms with van der Waals surface area (Å²) >= 11 is 0. The van der Waals surface area contributed by atoms with Gasteiger partial charge in [0.25, 0.3) is 0 Å². The quantitative estimate of drug-likeness (QED) is 0.286. The van der Waals surface area contributed by atoms with Crippen molar-refractivity contribution in [1.82, 2.24) is 19.9 Å². The van der Waals surface area contributed by atoms with Crippen LogP contribution in [-0.2, 0) is 0 Å². The summed E-state index contributed by atoms with van der Waals surface area (Å²) < 4.78 is 58.7. The van der Waals surface area contributed by atoms with Gasteiger partial charge in [-0.25, -0.2) is 18.2 Å². The first-order chi connectivity index (χ1) is 21.3. The molecule has 8 nitrogen and oxygen atoms in total. The molecule has 3 fully saturated rings. The van der Waals surface area contributed by atoms with Gasteiger partial charge in [0.1, 0.15) is 53.4 Å². The molecule has 11 heteroatoms. The number of halogens is 3. The average Bonchev–Trinajstić information content (AvgIpc) is 3.72. The zero-order chi connectivity index (χ0) is 30.3. The Hall–Kier alpha value is -4.12. The fourth-order valence-corrected chi connectivity index (χ4v) is 7.56. The second kappa shape index (κ2) is 9.95. The van der Waals surface area contributed by atoms with E-state index in [0.717, 1.165) is 32.2 Å². The number of likely N-dealkylation sites (N-methyl/N-ethyl adjacent to an activating group) is 1. The molecule has 2 aromatic carbocycles. The third-order valence-corrected chi connectivity index (χ3v) is 9.88. The lowest BCUT2D eigenvalue weighted by Crippen LogP contribution is -2.43. The maximum Gasteiger partial charge on any atom is 0.319 e. The smallest absolute Gasteiger partial charge is 0.319 e. The van der Waals surface area contributed by atoms with Gasteiger partial charge < -0.3 is 19.5 Å². The number of phenolic OH excluding ortho intramolecular Hbond substituents is 1. The fourth-order valence-electron chi connectivity index (χ4n) is 7.56. The molecule has 4 aliphatic rings. The van der Waals surface area contributed by atoms with Crippen LogP contribution < -0.4 is 14.4 Å². The van der Waals surface area contributed by atoms with Crippen LogP contribution in [0.3, 0.4) is 0 Å². The number of alkyl halides is 1. The maximum absolute atomic E-state index is 16.8. The number of nitrogens with zero attached hydrogens (tertiary/aromatic N) is 5. The van der Waals surface area contributed by atoms with Crippen LogP contribution in [0, 0.1) is 17.6 Å². The molecule has 1 N–H and O–H groups in total. The molecule has 0 radical (unpaired) electrons. The van der Waals surface area contributed by atoms with E-state index in [1.165, 1.54) is 30.3 Å². The number of pyridine rings is 1. The predicted octanol–water partition coefficient (Wildman–Crippen LogP) is 6.03. The number of hydrogen-bond donors (Lipinski definition) is 1. The van der Waals surface area contributed by atoms with Crippen molar-refractivity contribution in [2.24, 2.45) is 5.92 Å². The van der Waals surface area contributed by atoms with Gasteiger partial charge in [-0.1, -0.05) is 18.7 Å². The fraction of sp³-hybridized carbons (Fsp3) is 0.424. The first kappa shape index (κ1) is 27.4. The lowest BCUT2D eigenvalue weighted by Gasteiger charge is -2.31. The van der Waals surface area contributed by atoms with Gasteiger partial charge in [0.2, 0.25) is 5.88 Å². The monoisotopic (exact) mass is 603 g/mol. The summed E-state index contributed by atoms with van der Waals surface area (Å²) in [4.78, 5) is 18.1. The number of phenols is 1. The highest BCUT2D eigenvalue weighted by Gasteiger charge is 2.49. The molecule has 0 amide bonds. The number of aromatic nitrogens is 3. The van der Waals surface area contributed by atoms with Crippen LogP contribution in [-0.4, -0.2) is 76.1 Å². The Labute approximate surface area is 252 Å². The van der Waals surface area contributed by atoms with Crippen LogP contribution >= 0.6 is 0 Å². The summed E-state index contributed by atoms with van der Waals surface area (Å²) in [7, 11) is 1.91. The van der Waals surface area contributed by atoms with Gasteiger partial charge in [-0.3, -0.25) is 4.90 Å². The Morgan fingerprint density at radius 1 is 1.18 bits per heavy atom. The molecular formula is C33H32F3N5O3. The first-order valence-electron chi connectivity index (χ1n) is 15.1. The van der Waals surface area contributed by atoms with Crippen LogP contribution in [0.4, 0.5) is 19.0 Å². The average molecular weight is 604 g/mol. The van der Waals surface area contributed by atoms with Gasteiger partial charge in [0.15, 0.2) is 5.82 Å². The minimum absolute atomic E-state index is 0.0140. The lowest BCUT2D eigenvalue weighted by atomic mass is 9.95. The highest BCUT2D eigenvalue weighted by atomic mass is 19.1. The highest BCUT2D eigenvalue weighted by molar-refractivity contribution is 6.05. The third-order valence-electron chi connectivity index (χ3n) is 9.88. The molecule has 1 aliphatic carbocycles. The molecule has 2 saturated heterocycles. The summed E-state index contributed by atoms with van der Waals surface area (Å²) in [6, 6.07) is 5.60. The normalized spacial score (nSPS) is 24.9. The van der Waals surface area contributed by atoms with E-state index in [1.54, 1.807) is 0 Å². The number of anilines is 1. The SMILES string of the molecule is C=Cc1c(F)ccc2cc(O)cc(-c3nc4c5c(nc(OC[C@@]67CCCN6C[C@H](F)C7)nc5c3F)N(C)C(C3CC3)CO4)c12. The van der Waals surface area contributed by atoms with Crippen LogP contribution in [0.1, 0.15) is 37.7 Å². The standard InChI is InChI=1S/C33H32F3N5O3/c1-3-21-23(35)8-7-18-11-20(42)12-22(25(18)21)28-27(36)29-26-30(40(2)24(17-5-6-17)15-43-31(26)37-28)39-32(38-29)44-16-33-9-4-10-41(33)14-19(34)13-33/h3,7-8,11-12,17,19,24,42H,1,4-6,9-10,13-16H2,2H3/t19-,24?,33+/m1/s1. The van der Waals surface area contributed by atoms with Gasteiger partial charge >= 0.3 is 6.01 Å². The molecular weight excluding hydrogens is 571 g/mol. The molecule has 3 aliphatic heterocycles. The molecule has 3 atom stereocenters. The van der Waals surface area contributed by atoms with Crippen molar-refractivity contribution < 1.29 is 27.8 Å². The topological polar surface area (TPSA) is 83.8 Å². The largest absolute Gasteiger partial charge is 0.508 e. The number of aromatic hydroxyl groups is 1. The van der Waals surface area contributed by atoms with Crippen molar-refractivity contribution in [2.45, 2.75) is 49.9 Å². The summed E-state index contributed by atoms with van der Waals surface area (Å²) in [5.74, 6) is -0.458. The predicted molar refractivity (Wildman–Crippen MR) is 161 cm³/mol. The molecule has 5 heterocycles. The highest BCUT2D eigenvalue weighted by Crippen LogP contribution is 2.46. The molecule has 228 valence electrons. The van der Waals surface area contributed by atoms with Crippen LogP contribution in [0.15, 0.2) is 30.8 Å². The van der Waals surface area contributed by atoms with E-state index >= 15 is 4.39 Å². The minimum Gasteiger partial charge on any atom is -0.508 e. The summed E-state index contributed by atoms with van der Waals surface area (Å²) in [6.45, 7) is 5.46. The van der Waals surface area contributed by atoms with Gasteiger partial charge in [-0.15, -0.1) is 0 Å². The van der Waals surface area contributed by atoms with Gasteiger partial charge in [0.05, 0.1) is 11.6 Å². The van der Waals surface area contributed by atoms with E-state index < -0.39 is 23.3 Å². The number of fused-ring (bicyclic) bond motifs is 2. The Kier molecular flexibility index (Phi) is 6.20. The molecule has 0 bridgehead atoms. The third kappa shape index (κ3) is 4.19. The number of rotatable bonds is 6. The molecule has 8 rings (SSSR count). The second-order valence-electron chi connectivity index (χ2n) is 12.6. The summed E-state index contributed by atoms with van der Waals surface area (Å²) in [6.07, 6.45) is 4.69. The van der Waals surface area contributed by atoms with E-state index in [4.69, 9.17) is 14.5 Å². The molecule has 2 aromatic heterocycles. The van der Waals surface area contributed by atoms with E-state index in [-0.39, 0.29) is 52.6 Å². The molecule has 44 heavy (non-hydrogen) atoms. The molecule has 4 aromatic rings. The Balaban J connectivity index is 1.32. The minimum atomic E-state index is -0.917. The van der Waals surface area contributed by atoms with Crippen molar-refractivity contribution in [3.8, 4) is 28.9 Å². The Morgan fingerprint density at radius 2 is 2.02 bits per heavy atom. The molecule has 1 saturated carbocycles. The number of ether oxygens (including phenoxy) is 2. The van der Waals surface area contributed by atoms with Crippen LogP contribution in [0.2, 0.25) is 0 Å².